The number of methoxy groups -OCH3 is 1. The monoisotopic (exact) mass is 412 g/mol. The van der Waals surface area contributed by atoms with Gasteiger partial charge in [0.2, 0.25) is 5.95 Å². The Balaban J connectivity index is 1.55. The molecule has 3 aromatic heterocycles. The highest BCUT2D eigenvalue weighted by atomic mass is 32.1. The molecule has 8 heteroatoms. The third-order valence-electron chi connectivity index (χ3n) is 5.96. The second kappa shape index (κ2) is 7.25. The van der Waals surface area contributed by atoms with Crippen LogP contribution in [-0.4, -0.2) is 40.4 Å². The number of H-pyrrole nitrogens is 1. The third kappa shape index (κ3) is 3.71. The van der Waals surface area contributed by atoms with Gasteiger partial charge in [-0.15, -0.1) is 11.3 Å². The van der Waals surface area contributed by atoms with Crippen molar-refractivity contribution < 1.29 is 4.74 Å². The molecule has 4 heterocycles. The Labute approximate surface area is 174 Å². The summed E-state index contributed by atoms with van der Waals surface area (Å²) in [6, 6.07) is 4.25. The van der Waals surface area contributed by atoms with Crippen LogP contribution in [0.4, 0.5) is 17.6 Å². The van der Waals surface area contributed by atoms with Crippen molar-refractivity contribution in [3.05, 3.63) is 22.7 Å². The van der Waals surface area contributed by atoms with Crippen molar-refractivity contribution in [3.63, 3.8) is 0 Å². The number of hydrogen-bond acceptors (Lipinski definition) is 7. The van der Waals surface area contributed by atoms with Gasteiger partial charge in [-0.2, -0.15) is 10.1 Å². The van der Waals surface area contributed by atoms with E-state index in [1.165, 1.54) is 37.8 Å². The maximum absolute atomic E-state index is 5.71. The molecule has 29 heavy (non-hydrogen) atoms. The van der Waals surface area contributed by atoms with Gasteiger partial charge >= 0.3 is 0 Å². The van der Waals surface area contributed by atoms with Gasteiger partial charge in [-0.05, 0) is 52.0 Å². The van der Waals surface area contributed by atoms with Crippen LogP contribution in [0, 0.1) is 0 Å². The lowest BCUT2D eigenvalue weighted by atomic mass is 10.1. The molecule has 0 amide bonds. The average molecular weight is 413 g/mol. The maximum Gasteiger partial charge on any atom is 0.227 e. The fourth-order valence-corrected chi connectivity index (χ4v) is 4.88. The van der Waals surface area contributed by atoms with Crippen molar-refractivity contribution in [2.45, 2.75) is 57.5 Å². The molecule has 1 saturated heterocycles. The van der Waals surface area contributed by atoms with Crippen molar-refractivity contribution >= 4 is 39.1 Å². The second-order valence-corrected chi connectivity index (χ2v) is 9.62. The van der Waals surface area contributed by atoms with Crippen molar-refractivity contribution in [1.82, 2.24) is 20.2 Å². The second-order valence-electron chi connectivity index (χ2n) is 8.57. The summed E-state index contributed by atoms with van der Waals surface area (Å²) in [6.07, 6.45) is 6.17. The van der Waals surface area contributed by atoms with Crippen LogP contribution in [0.2, 0.25) is 0 Å². The number of anilines is 3. The summed E-state index contributed by atoms with van der Waals surface area (Å²) in [5.74, 6) is 3.09. The predicted octanol–water partition coefficient (Wildman–Crippen LogP) is 4.91. The first-order valence-corrected chi connectivity index (χ1v) is 11.3. The smallest absolute Gasteiger partial charge is 0.227 e. The normalized spacial score (nSPS) is 17.8. The lowest BCUT2D eigenvalue weighted by Crippen LogP contribution is -2.31. The minimum absolute atomic E-state index is 0.362. The molecule has 2 aliphatic rings. The van der Waals surface area contributed by atoms with Crippen LogP contribution in [-0.2, 0) is 10.3 Å². The Bertz CT molecular complexity index is 1020. The third-order valence-corrected chi connectivity index (χ3v) is 7.40. The highest BCUT2D eigenvalue weighted by molar-refractivity contribution is 7.19. The molecule has 0 atom stereocenters. The summed E-state index contributed by atoms with van der Waals surface area (Å²) < 4.78 is 6.75. The topological polar surface area (TPSA) is 79.0 Å². The minimum Gasteiger partial charge on any atom is -0.373 e. The molecule has 0 aromatic carbocycles. The van der Waals surface area contributed by atoms with Crippen LogP contribution in [0.1, 0.15) is 62.4 Å². The molecule has 1 saturated carbocycles. The highest BCUT2D eigenvalue weighted by Crippen LogP contribution is 2.41. The molecule has 0 unspecified atom stereocenters. The molecule has 2 fully saturated rings. The zero-order chi connectivity index (χ0) is 20.0. The van der Waals surface area contributed by atoms with Gasteiger partial charge in [0, 0.05) is 42.8 Å². The fraction of sp³-hybridized carbons (Fsp3) is 0.571. The summed E-state index contributed by atoms with van der Waals surface area (Å²) >= 11 is 1.69. The minimum atomic E-state index is -0.362. The molecule has 1 aliphatic heterocycles. The average Bonchev–Trinajstić information content (AvgIpc) is 3.31. The van der Waals surface area contributed by atoms with E-state index in [9.17, 15) is 0 Å². The first-order chi connectivity index (χ1) is 14.0. The maximum atomic E-state index is 5.71. The van der Waals surface area contributed by atoms with E-state index in [2.05, 4.69) is 46.4 Å². The first-order valence-electron chi connectivity index (χ1n) is 10.5. The van der Waals surface area contributed by atoms with Crippen LogP contribution in [0.15, 0.2) is 12.1 Å². The van der Waals surface area contributed by atoms with E-state index >= 15 is 0 Å². The van der Waals surface area contributed by atoms with Crippen molar-refractivity contribution in [1.29, 1.82) is 0 Å². The van der Waals surface area contributed by atoms with E-state index < -0.39 is 0 Å². The largest absolute Gasteiger partial charge is 0.373 e. The van der Waals surface area contributed by atoms with E-state index in [1.54, 1.807) is 18.4 Å². The summed E-state index contributed by atoms with van der Waals surface area (Å²) in [4.78, 5) is 13.3. The Kier molecular flexibility index (Phi) is 4.70. The van der Waals surface area contributed by atoms with Gasteiger partial charge in [-0.3, -0.25) is 5.10 Å². The van der Waals surface area contributed by atoms with Gasteiger partial charge in [0.25, 0.3) is 0 Å². The molecular formula is C21H28N6OS. The Morgan fingerprint density at radius 3 is 2.69 bits per heavy atom. The Hall–Kier alpha value is -2.19. The van der Waals surface area contributed by atoms with Crippen molar-refractivity contribution in [2.24, 2.45) is 0 Å². The van der Waals surface area contributed by atoms with Gasteiger partial charge in [0.1, 0.15) is 0 Å². The van der Waals surface area contributed by atoms with Crippen molar-refractivity contribution in [2.75, 3.05) is 30.4 Å². The van der Waals surface area contributed by atoms with Crippen LogP contribution >= 0.6 is 11.3 Å². The number of ether oxygens (including phenoxy) is 1. The molecule has 0 radical (unpaired) electrons. The molecule has 154 valence electrons. The molecule has 7 nitrogen and oxygen atoms in total. The van der Waals surface area contributed by atoms with Gasteiger partial charge in [-0.1, -0.05) is 0 Å². The molecular weight excluding hydrogens is 384 g/mol. The van der Waals surface area contributed by atoms with E-state index in [0.29, 0.717) is 5.92 Å². The fourth-order valence-electron chi connectivity index (χ4n) is 3.76. The van der Waals surface area contributed by atoms with Crippen molar-refractivity contribution in [3.8, 4) is 0 Å². The first kappa shape index (κ1) is 18.8. The summed E-state index contributed by atoms with van der Waals surface area (Å²) in [5, 5.41) is 11.1. The van der Waals surface area contributed by atoms with E-state index in [4.69, 9.17) is 14.7 Å². The van der Waals surface area contributed by atoms with Gasteiger partial charge in [-0.25, -0.2) is 4.98 Å². The Morgan fingerprint density at radius 1 is 1.17 bits per heavy atom. The number of thiophene rings is 1. The lowest BCUT2D eigenvalue weighted by Gasteiger charge is -2.26. The number of fused-ring (bicyclic) bond motifs is 1. The lowest BCUT2D eigenvalue weighted by molar-refractivity contribution is 0.0224. The molecule has 3 aromatic rings. The number of nitrogens with one attached hydrogen (secondary N) is 2. The highest BCUT2D eigenvalue weighted by Gasteiger charge is 2.27. The standard InChI is InChI=1S/C21H28N6OS/c1-21(2,28-3)16-11-15-18(29-16)19(23-17-12-14(25-26-17)13-7-8-13)24-20(22-15)27-9-5-4-6-10-27/h11-13H,4-10H2,1-3H3,(H2,22,23,24,25,26). The van der Waals surface area contributed by atoms with Gasteiger partial charge < -0.3 is 15.0 Å². The van der Waals surface area contributed by atoms with Crippen LogP contribution in [0.25, 0.3) is 10.2 Å². The molecule has 5 rings (SSSR count). The quantitative estimate of drug-likeness (QED) is 0.599. The number of nitrogens with zero attached hydrogens (tertiary/aromatic N) is 4. The molecule has 2 N–H and O–H groups in total. The summed E-state index contributed by atoms with van der Waals surface area (Å²) in [6.45, 7) is 6.19. The van der Waals surface area contributed by atoms with Gasteiger partial charge in [0.05, 0.1) is 15.8 Å². The van der Waals surface area contributed by atoms with E-state index in [-0.39, 0.29) is 5.60 Å². The molecule has 1 aliphatic carbocycles. The SMILES string of the molecule is COC(C)(C)c1cc2nc(N3CCCCC3)nc(Nc3cc(C4CC4)[nH]n3)c2s1. The van der Waals surface area contributed by atoms with Crippen LogP contribution in [0.3, 0.4) is 0 Å². The zero-order valence-electron chi connectivity index (χ0n) is 17.3. The number of piperidine rings is 1. The van der Waals surface area contributed by atoms with E-state index in [0.717, 1.165) is 45.8 Å². The molecule has 0 bridgehead atoms. The van der Waals surface area contributed by atoms with Crippen LogP contribution < -0.4 is 10.2 Å². The predicted molar refractivity (Wildman–Crippen MR) is 117 cm³/mol. The van der Waals surface area contributed by atoms with E-state index in [1.807, 2.05) is 0 Å². The van der Waals surface area contributed by atoms with Gasteiger partial charge in [0.15, 0.2) is 11.6 Å². The summed E-state index contributed by atoms with van der Waals surface area (Å²) in [5.41, 5.74) is 1.81. The molecule has 0 spiro atoms. The number of rotatable bonds is 6. The van der Waals surface area contributed by atoms with Crippen LogP contribution in [0.5, 0.6) is 0 Å². The summed E-state index contributed by atoms with van der Waals surface area (Å²) in [7, 11) is 1.75. The zero-order valence-corrected chi connectivity index (χ0v) is 18.1. The number of hydrogen-bond donors (Lipinski definition) is 2. The Morgan fingerprint density at radius 2 is 1.97 bits per heavy atom. The number of aromatic nitrogens is 4. The number of aromatic amines is 1.